The summed E-state index contributed by atoms with van der Waals surface area (Å²) in [6, 6.07) is 5.61. The van der Waals surface area contributed by atoms with Gasteiger partial charge in [-0.3, -0.25) is 0 Å². The van der Waals surface area contributed by atoms with E-state index in [1.54, 1.807) is 7.11 Å². The van der Waals surface area contributed by atoms with Gasteiger partial charge in [0.15, 0.2) is 5.84 Å². The molecule has 0 spiro atoms. The van der Waals surface area contributed by atoms with E-state index < -0.39 is 0 Å². The topological polar surface area (TPSA) is 89.1 Å². The van der Waals surface area contributed by atoms with E-state index in [9.17, 15) is 0 Å². The molecule has 1 rings (SSSR count). The van der Waals surface area contributed by atoms with E-state index >= 15 is 0 Å². The minimum atomic E-state index is 0.0417. The number of nitrogens with two attached hydrogens (primary N) is 1. The van der Waals surface area contributed by atoms with Crippen LogP contribution in [0.1, 0.15) is 24.5 Å². The molecule has 0 aromatic heterocycles. The molecule has 0 aliphatic carbocycles. The third kappa shape index (κ3) is 5.07. The average molecular weight is 281 g/mol. The fraction of sp³-hybridized carbons (Fsp3) is 0.500. The number of hydrogen-bond acceptors (Lipinski definition) is 5. The van der Waals surface area contributed by atoms with Crippen LogP contribution >= 0.6 is 0 Å². The lowest BCUT2D eigenvalue weighted by Crippen LogP contribution is -2.18. The molecule has 4 N–H and O–H groups in total. The highest BCUT2D eigenvalue weighted by Crippen LogP contribution is 2.19. The molecule has 0 aliphatic rings. The molecule has 1 aromatic carbocycles. The molecule has 0 saturated carbocycles. The molecule has 0 atom stereocenters. The number of oxime groups is 1. The van der Waals surface area contributed by atoms with Gasteiger partial charge in [0.2, 0.25) is 0 Å². The first-order valence-electron chi connectivity index (χ1n) is 6.66. The van der Waals surface area contributed by atoms with Gasteiger partial charge in [-0.1, -0.05) is 11.2 Å². The lowest BCUT2D eigenvalue weighted by atomic mass is 10.1. The van der Waals surface area contributed by atoms with Crippen molar-refractivity contribution in [2.24, 2.45) is 10.9 Å². The number of benzene rings is 1. The van der Waals surface area contributed by atoms with Gasteiger partial charge in [0.1, 0.15) is 5.75 Å². The molecule has 0 aliphatic heterocycles. The van der Waals surface area contributed by atoms with Gasteiger partial charge >= 0.3 is 0 Å². The normalized spacial score (nSPS) is 11.6. The van der Waals surface area contributed by atoms with Gasteiger partial charge in [-0.25, -0.2) is 0 Å². The molecule has 0 radical (unpaired) electrons. The van der Waals surface area contributed by atoms with Crippen LogP contribution in [-0.2, 0) is 11.3 Å². The summed E-state index contributed by atoms with van der Waals surface area (Å²) < 4.78 is 10.4. The maximum Gasteiger partial charge on any atom is 0.173 e. The molecule has 0 bridgehead atoms. The van der Waals surface area contributed by atoms with Crippen molar-refractivity contribution in [2.75, 3.05) is 26.9 Å². The molecule has 0 amide bonds. The smallest absolute Gasteiger partial charge is 0.173 e. The number of amidine groups is 1. The van der Waals surface area contributed by atoms with Gasteiger partial charge in [0.25, 0.3) is 0 Å². The van der Waals surface area contributed by atoms with Gasteiger partial charge in [0.05, 0.1) is 12.7 Å². The second kappa shape index (κ2) is 9.17. The monoisotopic (exact) mass is 281 g/mol. The lowest BCUT2D eigenvalue weighted by molar-refractivity contribution is 0.144. The van der Waals surface area contributed by atoms with Crippen molar-refractivity contribution in [2.45, 2.75) is 19.9 Å². The summed E-state index contributed by atoms with van der Waals surface area (Å²) >= 11 is 0. The van der Waals surface area contributed by atoms with Gasteiger partial charge in [0, 0.05) is 19.8 Å². The third-order valence-electron chi connectivity index (χ3n) is 2.82. The molecular formula is C14H23N3O3. The summed E-state index contributed by atoms with van der Waals surface area (Å²) in [6.45, 7) is 5.09. The highest BCUT2D eigenvalue weighted by atomic mass is 16.5. The first kappa shape index (κ1) is 16.3. The summed E-state index contributed by atoms with van der Waals surface area (Å²) in [5.74, 6) is 0.625. The standard InChI is InChI=1S/C14H23N3O3/c1-3-20-8-4-7-16-10-11-5-6-13(19-2)12(9-11)14(15)17-18/h5-6,9,16,18H,3-4,7-8,10H2,1-2H3,(H2,15,17). The molecular weight excluding hydrogens is 258 g/mol. The Morgan fingerprint density at radius 2 is 2.25 bits per heavy atom. The first-order chi connectivity index (χ1) is 9.72. The van der Waals surface area contributed by atoms with Crippen molar-refractivity contribution < 1.29 is 14.7 Å². The van der Waals surface area contributed by atoms with Crippen LogP contribution in [0.2, 0.25) is 0 Å². The van der Waals surface area contributed by atoms with Gasteiger partial charge in [-0.2, -0.15) is 0 Å². The van der Waals surface area contributed by atoms with Crippen LogP contribution in [0.3, 0.4) is 0 Å². The van der Waals surface area contributed by atoms with Crippen molar-refractivity contribution in [1.82, 2.24) is 5.32 Å². The Hall–Kier alpha value is -1.79. The maximum absolute atomic E-state index is 8.77. The minimum Gasteiger partial charge on any atom is -0.496 e. The van der Waals surface area contributed by atoms with Crippen LogP contribution < -0.4 is 15.8 Å². The second-order valence-electron chi connectivity index (χ2n) is 4.25. The Balaban J connectivity index is 2.55. The van der Waals surface area contributed by atoms with Crippen LogP contribution in [0.15, 0.2) is 23.4 Å². The molecule has 112 valence electrons. The number of nitrogens with one attached hydrogen (secondary N) is 1. The number of rotatable bonds is 9. The number of hydrogen-bond donors (Lipinski definition) is 3. The largest absolute Gasteiger partial charge is 0.496 e. The molecule has 6 heteroatoms. The zero-order valence-corrected chi connectivity index (χ0v) is 12.1. The van der Waals surface area contributed by atoms with E-state index in [1.165, 1.54) is 0 Å². The molecule has 6 nitrogen and oxygen atoms in total. The van der Waals surface area contributed by atoms with Crippen molar-refractivity contribution in [3.05, 3.63) is 29.3 Å². The SMILES string of the molecule is CCOCCCNCc1ccc(OC)c(C(N)=NO)c1. The predicted molar refractivity (Wildman–Crippen MR) is 78.3 cm³/mol. The summed E-state index contributed by atoms with van der Waals surface area (Å²) in [5.41, 5.74) is 7.26. The van der Waals surface area contributed by atoms with Crippen molar-refractivity contribution in [3.8, 4) is 5.75 Å². The summed E-state index contributed by atoms with van der Waals surface area (Å²) in [4.78, 5) is 0. The Morgan fingerprint density at radius 1 is 1.45 bits per heavy atom. The van der Waals surface area contributed by atoms with E-state index in [0.717, 1.165) is 31.7 Å². The quantitative estimate of drug-likeness (QED) is 0.209. The molecule has 0 fully saturated rings. The van der Waals surface area contributed by atoms with Gasteiger partial charge < -0.3 is 25.7 Å². The van der Waals surface area contributed by atoms with Crippen LogP contribution in [-0.4, -0.2) is 37.9 Å². The van der Waals surface area contributed by atoms with Crippen LogP contribution in [0, 0.1) is 0 Å². The predicted octanol–water partition coefficient (Wildman–Crippen LogP) is 1.31. The Kier molecular flexibility index (Phi) is 7.46. The molecule has 1 aromatic rings. The molecule has 0 unspecified atom stereocenters. The van der Waals surface area contributed by atoms with E-state index in [4.69, 9.17) is 20.4 Å². The summed E-state index contributed by atoms with van der Waals surface area (Å²) in [7, 11) is 1.55. The fourth-order valence-corrected chi connectivity index (χ4v) is 1.80. The Labute approximate surface area is 119 Å². The Morgan fingerprint density at radius 3 is 2.90 bits per heavy atom. The number of ether oxygens (including phenoxy) is 2. The number of methoxy groups -OCH3 is 1. The van der Waals surface area contributed by atoms with E-state index in [0.29, 0.717) is 17.9 Å². The second-order valence-corrected chi connectivity index (χ2v) is 4.25. The fourth-order valence-electron chi connectivity index (χ4n) is 1.80. The highest BCUT2D eigenvalue weighted by molar-refractivity contribution is 5.99. The average Bonchev–Trinajstić information content (AvgIpc) is 2.49. The van der Waals surface area contributed by atoms with Crippen molar-refractivity contribution >= 4 is 5.84 Å². The zero-order valence-electron chi connectivity index (χ0n) is 12.1. The third-order valence-corrected chi connectivity index (χ3v) is 2.82. The van der Waals surface area contributed by atoms with Crippen LogP contribution in [0.4, 0.5) is 0 Å². The molecule has 0 saturated heterocycles. The van der Waals surface area contributed by atoms with Crippen molar-refractivity contribution in [3.63, 3.8) is 0 Å². The van der Waals surface area contributed by atoms with E-state index in [2.05, 4.69) is 10.5 Å². The van der Waals surface area contributed by atoms with Gasteiger partial charge in [-0.05, 0) is 37.6 Å². The maximum atomic E-state index is 8.77. The van der Waals surface area contributed by atoms with E-state index in [1.807, 2.05) is 25.1 Å². The summed E-state index contributed by atoms with van der Waals surface area (Å²) in [5, 5.41) is 15.1. The summed E-state index contributed by atoms with van der Waals surface area (Å²) in [6.07, 6.45) is 0.969. The van der Waals surface area contributed by atoms with Gasteiger partial charge in [-0.15, -0.1) is 0 Å². The highest BCUT2D eigenvalue weighted by Gasteiger charge is 2.08. The van der Waals surface area contributed by atoms with Crippen LogP contribution in [0.25, 0.3) is 0 Å². The first-order valence-corrected chi connectivity index (χ1v) is 6.66. The molecule has 0 heterocycles. The van der Waals surface area contributed by atoms with Crippen molar-refractivity contribution in [1.29, 1.82) is 0 Å². The Bertz CT molecular complexity index is 436. The van der Waals surface area contributed by atoms with Crippen LogP contribution in [0.5, 0.6) is 5.75 Å². The minimum absolute atomic E-state index is 0.0417. The number of nitrogens with zero attached hydrogens (tertiary/aromatic N) is 1. The zero-order chi connectivity index (χ0) is 14.8. The molecule has 20 heavy (non-hydrogen) atoms. The lowest BCUT2D eigenvalue weighted by Gasteiger charge is -2.10. The van der Waals surface area contributed by atoms with E-state index in [-0.39, 0.29) is 5.84 Å².